The molecule has 2 heteroatoms. The summed E-state index contributed by atoms with van der Waals surface area (Å²) in [6.07, 6.45) is 8.84. The average Bonchev–Trinajstić information content (AvgIpc) is 2.84. The van der Waals surface area contributed by atoms with E-state index in [9.17, 15) is 0 Å². The van der Waals surface area contributed by atoms with Crippen molar-refractivity contribution >= 4 is 0 Å². The number of nitrogens with one attached hydrogen (secondary N) is 1. The summed E-state index contributed by atoms with van der Waals surface area (Å²) in [5, 5.41) is 3.83. The molecular formula is C16H28N2. The zero-order valence-corrected chi connectivity index (χ0v) is 12.0. The van der Waals surface area contributed by atoms with Crippen LogP contribution in [0, 0.1) is 17.8 Å². The third kappa shape index (κ3) is 1.42. The van der Waals surface area contributed by atoms with E-state index >= 15 is 0 Å². The molecule has 2 saturated heterocycles. The molecule has 2 saturated carbocycles. The van der Waals surface area contributed by atoms with Crippen LogP contribution in [0.25, 0.3) is 0 Å². The molecule has 2 aliphatic heterocycles. The normalized spacial score (nSPS) is 56.0. The Labute approximate surface area is 111 Å². The molecule has 0 bridgehead atoms. The molecule has 2 heterocycles. The summed E-state index contributed by atoms with van der Waals surface area (Å²) in [6.45, 7) is 7.64. The van der Waals surface area contributed by atoms with Crippen LogP contribution >= 0.6 is 0 Å². The van der Waals surface area contributed by atoms with Gasteiger partial charge in [-0.05, 0) is 56.9 Å². The summed E-state index contributed by atoms with van der Waals surface area (Å²) in [5.41, 5.74) is 0.464. The maximum atomic E-state index is 3.83. The highest BCUT2D eigenvalue weighted by Crippen LogP contribution is 2.51. The minimum Gasteiger partial charge on any atom is -0.310 e. The van der Waals surface area contributed by atoms with Gasteiger partial charge in [0, 0.05) is 24.2 Å². The highest BCUT2D eigenvalue weighted by atomic mass is 15.3. The van der Waals surface area contributed by atoms with Crippen molar-refractivity contribution in [2.24, 2.45) is 17.8 Å². The second kappa shape index (κ2) is 3.96. The van der Waals surface area contributed by atoms with Gasteiger partial charge in [0.1, 0.15) is 0 Å². The summed E-state index contributed by atoms with van der Waals surface area (Å²) in [5.74, 6) is 2.93. The molecule has 4 rings (SSSR count). The molecule has 0 radical (unpaired) electrons. The Morgan fingerprint density at radius 3 is 2.83 bits per heavy atom. The number of fused-ring (bicyclic) bond motifs is 2. The number of hydrogen-bond donors (Lipinski definition) is 1. The first-order chi connectivity index (χ1) is 8.70. The van der Waals surface area contributed by atoms with Crippen LogP contribution in [0.3, 0.4) is 0 Å². The Bertz CT molecular complexity index is 342. The van der Waals surface area contributed by atoms with Gasteiger partial charge in [-0.2, -0.15) is 0 Å². The molecule has 102 valence electrons. The summed E-state index contributed by atoms with van der Waals surface area (Å²) in [4.78, 5) is 2.93. The van der Waals surface area contributed by atoms with E-state index in [1.165, 1.54) is 51.6 Å². The Morgan fingerprint density at radius 2 is 2.00 bits per heavy atom. The van der Waals surface area contributed by atoms with Crippen molar-refractivity contribution in [3.05, 3.63) is 0 Å². The van der Waals surface area contributed by atoms with E-state index in [0.29, 0.717) is 5.54 Å². The first kappa shape index (κ1) is 11.7. The van der Waals surface area contributed by atoms with E-state index in [4.69, 9.17) is 0 Å². The molecule has 2 aliphatic carbocycles. The molecule has 2 nitrogen and oxygen atoms in total. The highest BCUT2D eigenvalue weighted by Gasteiger charge is 2.59. The predicted octanol–water partition coefficient (Wildman–Crippen LogP) is 2.64. The van der Waals surface area contributed by atoms with E-state index in [1.54, 1.807) is 0 Å². The number of nitrogens with zero attached hydrogens (tertiary/aromatic N) is 1. The van der Waals surface area contributed by atoms with E-state index in [1.807, 2.05) is 0 Å². The Morgan fingerprint density at radius 1 is 1.17 bits per heavy atom. The van der Waals surface area contributed by atoms with Crippen molar-refractivity contribution in [3.63, 3.8) is 0 Å². The van der Waals surface area contributed by atoms with Gasteiger partial charge in [-0.25, -0.2) is 0 Å². The van der Waals surface area contributed by atoms with Crippen LogP contribution in [-0.4, -0.2) is 35.6 Å². The lowest BCUT2D eigenvalue weighted by atomic mass is 9.63. The third-order valence-electron chi connectivity index (χ3n) is 6.88. The SMILES string of the molecule is CC1CN(C2CC3CCNC32C)C2CCCCC12. The lowest BCUT2D eigenvalue weighted by Crippen LogP contribution is -2.68. The fourth-order valence-electron chi connectivity index (χ4n) is 5.72. The van der Waals surface area contributed by atoms with Crippen molar-refractivity contribution in [1.29, 1.82) is 0 Å². The highest BCUT2D eigenvalue weighted by molar-refractivity contribution is 5.16. The van der Waals surface area contributed by atoms with Crippen LogP contribution in [-0.2, 0) is 0 Å². The number of hydrogen-bond acceptors (Lipinski definition) is 2. The first-order valence-electron chi connectivity index (χ1n) is 8.21. The van der Waals surface area contributed by atoms with Gasteiger partial charge in [0.25, 0.3) is 0 Å². The van der Waals surface area contributed by atoms with Crippen LogP contribution in [0.5, 0.6) is 0 Å². The summed E-state index contributed by atoms with van der Waals surface area (Å²) in [7, 11) is 0. The van der Waals surface area contributed by atoms with Crippen LogP contribution in [0.15, 0.2) is 0 Å². The molecule has 6 unspecified atom stereocenters. The van der Waals surface area contributed by atoms with Crippen LogP contribution < -0.4 is 5.32 Å². The Hall–Kier alpha value is -0.0800. The fourth-order valence-corrected chi connectivity index (χ4v) is 5.72. The van der Waals surface area contributed by atoms with E-state index in [2.05, 4.69) is 24.1 Å². The fraction of sp³-hybridized carbons (Fsp3) is 1.00. The molecular weight excluding hydrogens is 220 g/mol. The maximum Gasteiger partial charge on any atom is 0.0338 e. The number of likely N-dealkylation sites (tertiary alicyclic amines) is 1. The molecule has 0 spiro atoms. The van der Waals surface area contributed by atoms with Crippen molar-refractivity contribution in [3.8, 4) is 0 Å². The van der Waals surface area contributed by atoms with E-state index in [0.717, 1.165) is 29.8 Å². The van der Waals surface area contributed by atoms with Crippen LogP contribution in [0.1, 0.15) is 52.4 Å². The topological polar surface area (TPSA) is 15.3 Å². The molecule has 18 heavy (non-hydrogen) atoms. The molecule has 6 atom stereocenters. The third-order valence-corrected chi connectivity index (χ3v) is 6.88. The van der Waals surface area contributed by atoms with Gasteiger partial charge in [0.05, 0.1) is 0 Å². The van der Waals surface area contributed by atoms with Crippen molar-refractivity contribution in [2.45, 2.75) is 70.0 Å². The summed E-state index contributed by atoms with van der Waals surface area (Å²) in [6, 6.07) is 1.78. The monoisotopic (exact) mass is 248 g/mol. The lowest BCUT2D eigenvalue weighted by Gasteiger charge is -2.56. The lowest BCUT2D eigenvalue weighted by molar-refractivity contribution is -0.0241. The Balaban J connectivity index is 1.55. The van der Waals surface area contributed by atoms with Gasteiger partial charge in [0.15, 0.2) is 0 Å². The smallest absolute Gasteiger partial charge is 0.0338 e. The second-order valence-electron chi connectivity index (χ2n) is 7.64. The molecule has 0 amide bonds. The largest absolute Gasteiger partial charge is 0.310 e. The molecule has 0 aromatic carbocycles. The minimum absolute atomic E-state index is 0.464. The zero-order chi connectivity index (χ0) is 12.3. The van der Waals surface area contributed by atoms with Crippen LogP contribution in [0.4, 0.5) is 0 Å². The predicted molar refractivity (Wildman–Crippen MR) is 74.5 cm³/mol. The van der Waals surface area contributed by atoms with Crippen LogP contribution in [0.2, 0.25) is 0 Å². The standard InChI is InChI=1S/C16H28N2/c1-11-10-18(14-6-4-3-5-13(11)14)15-9-12-7-8-17-16(12,15)2/h11-15,17H,3-10H2,1-2H3. The first-order valence-corrected chi connectivity index (χ1v) is 8.21. The molecule has 4 fully saturated rings. The van der Waals surface area contributed by atoms with Crippen molar-refractivity contribution in [1.82, 2.24) is 10.2 Å². The van der Waals surface area contributed by atoms with Gasteiger partial charge in [0.2, 0.25) is 0 Å². The van der Waals surface area contributed by atoms with E-state index < -0.39 is 0 Å². The van der Waals surface area contributed by atoms with Gasteiger partial charge in [-0.15, -0.1) is 0 Å². The Kier molecular flexibility index (Phi) is 2.58. The second-order valence-corrected chi connectivity index (χ2v) is 7.64. The molecule has 4 aliphatic rings. The maximum absolute atomic E-state index is 3.83. The van der Waals surface area contributed by atoms with Crippen molar-refractivity contribution in [2.75, 3.05) is 13.1 Å². The molecule has 1 N–H and O–H groups in total. The number of rotatable bonds is 1. The summed E-state index contributed by atoms with van der Waals surface area (Å²) < 4.78 is 0. The zero-order valence-electron chi connectivity index (χ0n) is 12.0. The van der Waals surface area contributed by atoms with Crippen molar-refractivity contribution < 1.29 is 0 Å². The summed E-state index contributed by atoms with van der Waals surface area (Å²) >= 11 is 0. The molecule has 0 aromatic rings. The average molecular weight is 248 g/mol. The van der Waals surface area contributed by atoms with Gasteiger partial charge >= 0.3 is 0 Å². The molecule has 0 aromatic heterocycles. The van der Waals surface area contributed by atoms with E-state index in [-0.39, 0.29) is 0 Å². The minimum atomic E-state index is 0.464. The quantitative estimate of drug-likeness (QED) is 0.767. The van der Waals surface area contributed by atoms with Gasteiger partial charge < -0.3 is 5.32 Å². The van der Waals surface area contributed by atoms with Gasteiger partial charge in [-0.3, -0.25) is 4.90 Å². The van der Waals surface area contributed by atoms with Gasteiger partial charge in [-0.1, -0.05) is 19.8 Å².